The summed E-state index contributed by atoms with van der Waals surface area (Å²) in [6.45, 7) is 1.73. The van der Waals surface area contributed by atoms with Gasteiger partial charge in [0, 0.05) is 12.8 Å². The van der Waals surface area contributed by atoms with Crippen molar-refractivity contribution in [3.8, 4) is 0 Å². The molecule has 0 amide bonds. The van der Waals surface area contributed by atoms with Gasteiger partial charge < -0.3 is 0 Å². The van der Waals surface area contributed by atoms with Gasteiger partial charge >= 0.3 is 0 Å². The predicted molar refractivity (Wildman–Crippen MR) is 48.2 cm³/mol. The predicted octanol–water partition coefficient (Wildman–Crippen LogP) is 2.19. The Morgan fingerprint density at radius 1 is 1.23 bits per heavy atom. The molecule has 0 fully saturated rings. The van der Waals surface area contributed by atoms with Gasteiger partial charge in [0.05, 0.1) is 0 Å². The maximum absolute atomic E-state index is 13.1. The summed E-state index contributed by atoms with van der Waals surface area (Å²) in [4.78, 5) is 11.1. The number of ketones is 1. The zero-order valence-electron chi connectivity index (χ0n) is 7.56. The average molecular weight is 178 g/mol. The maximum Gasteiger partial charge on any atom is 0.137 e. The lowest BCUT2D eigenvalue weighted by molar-refractivity contribution is -0.118. The van der Waals surface area contributed by atoms with Crippen LogP contribution >= 0.6 is 0 Å². The smallest absolute Gasteiger partial charge is 0.137 e. The van der Waals surface area contributed by atoms with E-state index < -0.39 is 0 Å². The summed E-state index contributed by atoms with van der Waals surface area (Å²) in [5, 5.41) is 0. The summed E-state index contributed by atoms with van der Waals surface area (Å²) in [5.74, 6) is 0.103. The van der Waals surface area contributed by atoms with E-state index in [0.29, 0.717) is 24.8 Å². The van der Waals surface area contributed by atoms with E-state index >= 15 is 0 Å². The van der Waals surface area contributed by atoms with Crippen LogP contribution < -0.4 is 0 Å². The summed E-state index contributed by atoms with van der Waals surface area (Å²) >= 11 is 0. The number of benzene rings is 1. The van der Waals surface area contributed by atoms with Crippen LogP contribution in [0.2, 0.25) is 0 Å². The second-order valence-electron chi connectivity index (χ2n) is 3.59. The Balaban J connectivity index is 2.49. The molecule has 0 spiro atoms. The molecule has 0 aliphatic heterocycles. The SMILES string of the molecule is Cc1cc2c(cc1F)CCC(=O)C2. The second-order valence-corrected chi connectivity index (χ2v) is 3.59. The van der Waals surface area contributed by atoms with Crippen molar-refractivity contribution < 1.29 is 9.18 Å². The molecule has 2 rings (SSSR count). The molecule has 13 heavy (non-hydrogen) atoms. The van der Waals surface area contributed by atoms with Gasteiger partial charge in [-0.2, -0.15) is 0 Å². The summed E-state index contributed by atoms with van der Waals surface area (Å²) in [5.41, 5.74) is 2.64. The fraction of sp³-hybridized carbons (Fsp3) is 0.364. The third-order valence-electron chi connectivity index (χ3n) is 2.54. The fourth-order valence-corrected chi connectivity index (χ4v) is 1.75. The van der Waals surface area contributed by atoms with E-state index in [4.69, 9.17) is 0 Å². The Hall–Kier alpha value is -1.18. The number of carbonyl (C=O) groups is 1. The Morgan fingerprint density at radius 3 is 2.77 bits per heavy atom. The first-order chi connectivity index (χ1) is 6.16. The summed E-state index contributed by atoms with van der Waals surface area (Å²) < 4.78 is 13.1. The van der Waals surface area contributed by atoms with Crippen LogP contribution in [0.1, 0.15) is 23.1 Å². The van der Waals surface area contributed by atoms with Crippen molar-refractivity contribution in [2.45, 2.75) is 26.2 Å². The molecule has 0 N–H and O–H groups in total. The monoisotopic (exact) mass is 178 g/mol. The van der Waals surface area contributed by atoms with E-state index in [2.05, 4.69) is 0 Å². The molecule has 0 unspecified atom stereocenters. The van der Waals surface area contributed by atoms with Crippen molar-refractivity contribution in [1.29, 1.82) is 0 Å². The molecule has 1 aliphatic rings. The number of halogens is 1. The Labute approximate surface area is 76.6 Å². The molecule has 0 heterocycles. The summed E-state index contributed by atoms with van der Waals surface area (Å²) in [7, 11) is 0. The standard InChI is InChI=1S/C11H11FO/c1-7-4-9-5-10(13)3-2-8(9)6-11(7)12/h4,6H,2-3,5H2,1H3. The first-order valence-electron chi connectivity index (χ1n) is 4.46. The van der Waals surface area contributed by atoms with E-state index in [1.54, 1.807) is 19.1 Å². The Morgan fingerprint density at radius 2 is 2.00 bits per heavy atom. The van der Waals surface area contributed by atoms with Gasteiger partial charge in [0.2, 0.25) is 0 Å². The normalized spacial score (nSPS) is 15.7. The number of Topliss-reactive ketones (excluding diaryl/α,β-unsaturated/α-hetero) is 1. The van der Waals surface area contributed by atoms with Gasteiger partial charge in [0.25, 0.3) is 0 Å². The molecule has 0 bridgehead atoms. The van der Waals surface area contributed by atoms with Crippen LogP contribution in [-0.4, -0.2) is 5.78 Å². The number of hydrogen-bond acceptors (Lipinski definition) is 1. The number of aryl methyl sites for hydroxylation is 2. The zero-order valence-corrected chi connectivity index (χ0v) is 7.56. The molecule has 0 aromatic heterocycles. The number of fused-ring (bicyclic) bond motifs is 1. The van der Waals surface area contributed by atoms with Crippen LogP contribution in [0.25, 0.3) is 0 Å². The number of rotatable bonds is 0. The third-order valence-corrected chi connectivity index (χ3v) is 2.54. The van der Waals surface area contributed by atoms with E-state index in [9.17, 15) is 9.18 Å². The maximum atomic E-state index is 13.1. The van der Waals surface area contributed by atoms with Gasteiger partial charge in [-0.15, -0.1) is 0 Å². The lowest BCUT2D eigenvalue weighted by Crippen LogP contribution is -2.13. The van der Waals surface area contributed by atoms with Gasteiger partial charge in [-0.25, -0.2) is 4.39 Å². The molecule has 2 heteroatoms. The lowest BCUT2D eigenvalue weighted by Gasteiger charge is -2.15. The van der Waals surface area contributed by atoms with Gasteiger partial charge in [-0.1, -0.05) is 6.07 Å². The van der Waals surface area contributed by atoms with Crippen molar-refractivity contribution in [2.75, 3.05) is 0 Å². The topological polar surface area (TPSA) is 17.1 Å². The highest BCUT2D eigenvalue weighted by molar-refractivity contribution is 5.83. The minimum atomic E-state index is -0.159. The van der Waals surface area contributed by atoms with Gasteiger partial charge in [0.15, 0.2) is 0 Å². The average Bonchev–Trinajstić information content (AvgIpc) is 2.08. The van der Waals surface area contributed by atoms with Gasteiger partial charge in [-0.05, 0) is 36.1 Å². The van der Waals surface area contributed by atoms with Crippen LogP contribution in [0.3, 0.4) is 0 Å². The number of carbonyl (C=O) groups excluding carboxylic acids is 1. The Kier molecular flexibility index (Phi) is 1.91. The largest absolute Gasteiger partial charge is 0.299 e. The number of hydrogen-bond donors (Lipinski definition) is 0. The van der Waals surface area contributed by atoms with Gasteiger partial charge in [0.1, 0.15) is 11.6 Å². The van der Waals surface area contributed by atoms with Crippen molar-refractivity contribution in [1.82, 2.24) is 0 Å². The molecule has 0 saturated carbocycles. The van der Waals surface area contributed by atoms with Gasteiger partial charge in [-0.3, -0.25) is 4.79 Å². The molecule has 1 aromatic rings. The molecule has 0 saturated heterocycles. The van der Waals surface area contributed by atoms with E-state index in [-0.39, 0.29) is 11.6 Å². The minimum Gasteiger partial charge on any atom is -0.299 e. The molecule has 1 nitrogen and oxygen atoms in total. The lowest BCUT2D eigenvalue weighted by atomic mass is 9.89. The first kappa shape index (κ1) is 8.42. The molecular weight excluding hydrogens is 167 g/mol. The highest BCUT2D eigenvalue weighted by Gasteiger charge is 2.16. The third kappa shape index (κ3) is 1.48. The van der Waals surface area contributed by atoms with Crippen LogP contribution in [0.4, 0.5) is 4.39 Å². The summed E-state index contributed by atoms with van der Waals surface area (Å²) in [6.07, 6.45) is 1.75. The van der Waals surface area contributed by atoms with E-state index in [1.165, 1.54) is 0 Å². The van der Waals surface area contributed by atoms with E-state index in [0.717, 1.165) is 11.1 Å². The minimum absolute atomic E-state index is 0.159. The molecule has 1 aromatic carbocycles. The van der Waals surface area contributed by atoms with Crippen LogP contribution in [-0.2, 0) is 17.6 Å². The van der Waals surface area contributed by atoms with Crippen molar-refractivity contribution >= 4 is 5.78 Å². The Bertz CT molecular complexity index is 369. The van der Waals surface area contributed by atoms with E-state index in [1.807, 2.05) is 0 Å². The quantitative estimate of drug-likeness (QED) is 0.595. The summed E-state index contributed by atoms with van der Waals surface area (Å²) in [6, 6.07) is 3.36. The van der Waals surface area contributed by atoms with Crippen LogP contribution in [0.15, 0.2) is 12.1 Å². The molecular formula is C11H11FO. The highest BCUT2D eigenvalue weighted by Crippen LogP contribution is 2.22. The molecule has 0 radical (unpaired) electrons. The second kappa shape index (κ2) is 2.95. The first-order valence-corrected chi connectivity index (χ1v) is 4.46. The molecule has 1 aliphatic carbocycles. The van der Waals surface area contributed by atoms with Crippen molar-refractivity contribution in [2.24, 2.45) is 0 Å². The van der Waals surface area contributed by atoms with Crippen molar-refractivity contribution in [3.05, 3.63) is 34.6 Å². The van der Waals surface area contributed by atoms with Crippen LogP contribution in [0, 0.1) is 12.7 Å². The van der Waals surface area contributed by atoms with Crippen molar-refractivity contribution in [3.63, 3.8) is 0 Å². The highest BCUT2D eigenvalue weighted by atomic mass is 19.1. The fourth-order valence-electron chi connectivity index (χ4n) is 1.75. The molecule has 0 atom stereocenters. The van der Waals surface area contributed by atoms with Crippen LogP contribution in [0.5, 0.6) is 0 Å². The zero-order chi connectivity index (χ0) is 9.42. The molecule has 68 valence electrons.